The average Bonchev–Trinajstić information content (AvgIpc) is 3.04. The summed E-state index contributed by atoms with van der Waals surface area (Å²) < 4.78 is 6.91. The standard InChI is InChI=1S/C20H22N6O3/c1-12(2)22-20(28)29-16-10-25(11-16)19(27)18-13(3)26(24-23-18)15-6-7-17-14(9-15)5-4-8-21-17/h4-9,12,16H,10-11H2,1-3H3,(H,22,28). The van der Waals surface area contributed by atoms with Crippen molar-refractivity contribution in [3.63, 3.8) is 0 Å². The Morgan fingerprint density at radius 2 is 2.03 bits per heavy atom. The Balaban J connectivity index is 1.45. The van der Waals surface area contributed by atoms with Gasteiger partial charge in [-0.1, -0.05) is 11.3 Å². The van der Waals surface area contributed by atoms with Gasteiger partial charge in [0.15, 0.2) is 5.69 Å². The Morgan fingerprint density at radius 1 is 1.24 bits per heavy atom. The van der Waals surface area contributed by atoms with Crippen molar-refractivity contribution in [2.75, 3.05) is 13.1 Å². The van der Waals surface area contributed by atoms with Crippen LogP contribution in [0.3, 0.4) is 0 Å². The van der Waals surface area contributed by atoms with Gasteiger partial charge in [0.05, 0.1) is 30.0 Å². The van der Waals surface area contributed by atoms with Crippen molar-refractivity contribution in [1.82, 2.24) is 30.2 Å². The third-order valence-corrected chi connectivity index (χ3v) is 4.74. The number of hydrogen-bond acceptors (Lipinski definition) is 6. The Labute approximate surface area is 167 Å². The first-order valence-electron chi connectivity index (χ1n) is 9.46. The molecule has 2 amide bonds. The summed E-state index contributed by atoms with van der Waals surface area (Å²) in [7, 11) is 0. The van der Waals surface area contributed by atoms with Gasteiger partial charge >= 0.3 is 6.09 Å². The Morgan fingerprint density at radius 3 is 2.79 bits per heavy atom. The van der Waals surface area contributed by atoms with Crippen LogP contribution >= 0.6 is 0 Å². The van der Waals surface area contributed by atoms with Crippen LogP contribution in [0, 0.1) is 6.92 Å². The van der Waals surface area contributed by atoms with Gasteiger partial charge in [-0.2, -0.15) is 0 Å². The number of nitrogens with zero attached hydrogens (tertiary/aromatic N) is 5. The monoisotopic (exact) mass is 394 g/mol. The summed E-state index contributed by atoms with van der Waals surface area (Å²) >= 11 is 0. The second kappa shape index (κ2) is 7.50. The van der Waals surface area contributed by atoms with Crippen molar-refractivity contribution in [1.29, 1.82) is 0 Å². The molecule has 1 aromatic carbocycles. The number of carbonyl (C=O) groups excluding carboxylic acids is 2. The van der Waals surface area contributed by atoms with Crippen LogP contribution in [-0.4, -0.2) is 62.1 Å². The zero-order valence-electron chi connectivity index (χ0n) is 16.5. The molecule has 2 aromatic heterocycles. The van der Waals surface area contributed by atoms with Gasteiger partial charge < -0.3 is 15.0 Å². The van der Waals surface area contributed by atoms with Gasteiger partial charge in [0.25, 0.3) is 5.91 Å². The van der Waals surface area contributed by atoms with Crippen molar-refractivity contribution in [3.05, 3.63) is 47.9 Å². The molecular formula is C20H22N6O3. The number of carbonyl (C=O) groups is 2. The Bertz CT molecular complexity index is 1070. The molecule has 1 aliphatic rings. The fourth-order valence-electron chi connectivity index (χ4n) is 3.22. The second-order valence-corrected chi connectivity index (χ2v) is 7.35. The van der Waals surface area contributed by atoms with Crippen molar-refractivity contribution in [2.24, 2.45) is 0 Å². The van der Waals surface area contributed by atoms with E-state index in [1.54, 1.807) is 15.8 Å². The summed E-state index contributed by atoms with van der Waals surface area (Å²) in [5.74, 6) is -0.222. The highest BCUT2D eigenvalue weighted by molar-refractivity contribution is 5.94. The Kier molecular flexibility index (Phi) is 4.87. The molecule has 0 aliphatic carbocycles. The highest BCUT2D eigenvalue weighted by atomic mass is 16.6. The molecule has 0 saturated carbocycles. The molecule has 1 saturated heterocycles. The molecule has 3 heterocycles. The lowest BCUT2D eigenvalue weighted by Crippen LogP contribution is -2.56. The quantitative estimate of drug-likeness (QED) is 0.727. The molecule has 3 aromatic rings. The number of nitrogens with one attached hydrogen (secondary N) is 1. The number of aromatic nitrogens is 4. The normalized spacial score (nSPS) is 14.1. The molecule has 0 unspecified atom stereocenters. The van der Waals surface area contributed by atoms with Crippen LogP contribution in [0.15, 0.2) is 36.5 Å². The minimum Gasteiger partial charge on any atom is -0.442 e. The number of benzene rings is 1. The van der Waals surface area contributed by atoms with E-state index in [1.807, 2.05) is 51.1 Å². The maximum Gasteiger partial charge on any atom is 0.407 e. The van der Waals surface area contributed by atoms with Gasteiger partial charge in [-0.05, 0) is 45.0 Å². The van der Waals surface area contributed by atoms with E-state index in [1.165, 1.54) is 0 Å². The van der Waals surface area contributed by atoms with Crippen LogP contribution in [0.2, 0.25) is 0 Å². The fourth-order valence-corrected chi connectivity index (χ4v) is 3.22. The van der Waals surface area contributed by atoms with Crippen molar-refractivity contribution in [3.8, 4) is 5.69 Å². The van der Waals surface area contributed by atoms with Gasteiger partial charge in [0.1, 0.15) is 6.10 Å². The van der Waals surface area contributed by atoms with Crippen LogP contribution in [0.1, 0.15) is 30.0 Å². The molecular weight excluding hydrogens is 372 g/mol. The SMILES string of the molecule is Cc1c(C(=O)N2CC(OC(=O)NC(C)C)C2)nnn1-c1ccc2ncccc2c1. The van der Waals surface area contributed by atoms with Gasteiger partial charge in [-0.25, -0.2) is 9.48 Å². The van der Waals surface area contributed by atoms with Crippen molar-refractivity contribution >= 4 is 22.9 Å². The lowest BCUT2D eigenvalue weighted by atomic mass is 10.1. The van der Waals surface area contributed by atoms with Crippen LogP contribution in [0.5, 0.6) is 0 Å². The lowest BCUT2D eigenvalue weighted by Gasteiger charge is -2.37. The second-order valence-electron chi connectivity index (χ2n) is 7.35. The number of fused-ring (bicyclic) bond motifs is 1. The summed E-state index contributed by atoms with van der Waals surface area (Å²) in [6.07, 6.45) is 0.974. The third kappa shape index (κ3) is 3.75. The van der Waals surface area contributed by atoms with Crippen LogP contribution < -0.4 is 5.32 Å². The summed E-state index contributed by atoms with van der Waals surface area (Å²) in [5.41, 5.74) is 2.64. The number of likely N-dealkylation sites (tertiary alicyclic amines) is 1. The number of alkyl carbamates (subject to hydrolysis) is 1. The lowest BCUT2D eigenvalue weighted by molar-refractivity contribution is -0.00735. The van der Waals surface area contributed by atoms with Crippen molar-refractivity contribution < 1.29 is 14.3 Å². The largest absolute Gasteiger partial charge is 0.442 e. The third-order valence-electron chi connectivity index (χ3n) is 4.74. The van der Waals surface area contributed by atoms with Gasteiger partial charge in [-0.3, -0.25) is 9.78 Å². The summed E-state index contributed by atoms with van der Waals surface area (Å²) in [4.78, 5) is 30.3. The summed E-state index contributed by atoms with van der Waals surface area (Å²) in [5, 5.41) is 11.9. The maximum atomic E-state index is 12.8. The molecule has 9 heteroatoms. The summed E-state index contributed by atoms with van der Waals surface area (Å²) in [6.45, 7) is 6.22. The first kappa shape index (κ1) is 18.9. The number of rotatable bonds is 4. The van der Waals surface area contributed by atoms with E-state index in [-0.39, 0.29) is 18.1 Å². The van der Waals surface area contributed by atoms with Gasteiger partial charge in [0.2, 0.25) is 0 Å². The first-order chi connectivity index (χ1) is 13.9. The summed E-state index contributed by atoms with van der Waals surface area (Å²) in [6, 6.07) is 9.61. The van der Waals surface area contributed by atoms with Crippen molar-refractivity contribution in [2.45, 2.75) is 32.9 Å². The molecule has 1 fully saturated rings. The zero-order valence-corrected chi connectivity index (χ0v) is 16.5. The van der Waals surface area contributed by atoms with E-state index in [2.05, 4.69) is 20.6 Å². The molecule has 0 radical (unpaired) electrons. The minimum atomic E-state index is -0.468. The number of pyridine rings is 1. The minimum absolute atomic E-state index is 0.00360. The van der Waals surface area contributed by atoms with E-state index in [0.29, 0.717) is 24.5 Å². The van der Waals surface area contributed by atoms with E-state index >= 15 is 0 Å². The molecule has 0 atom stereocenters. The average molecular weight is 394 g/mol. The smallest absolute Gasteiger partial charge is 0.407 e. The molecule has 1 aliphatic heterocycles. The van der Waals surface area contributed by atoms with E-state index < -0.39 is 6.09 Å². The van der Waals surface area contributed by atoms with Gasteiger partial charge in [0, 0.05) is 17.6 Å². The first-order valence-corrected chi connectivity index (χ1v) is 9.46. The highest BCUT2D eigenvalue weighted by Gasteiger charge is 2.36. The molecule has 150 valence electrons. The fraction of sp³-hybridized carbons (Fsp3) is 0.350. The predicted molar refractivity (Wildman–Crippen MR) is 106 cm³/mol. The molecule has 0 spiro atoms. The zero-order chi connectivity index (χ0) is 20.5. The van der Waals surface area contributed by atoms with E-state index in [4.69, 9.17) is 4.74 Å². The van der Waals surface area contributed by atoms with Crippen LogP contribution in [-0.2, 0) is 4.74 Å². The maximum absolute atomic E-state index is 12.8. The highest BCUT2D eigenvalue weighted by Crippen LogP contribution is 2.21. The number of amides is 2. The molecule has 0 bridgehead atoms. The molecule has 1 N–H and O–H groups in total. The number of ether oxygens (including phenoxy) is 1. The predicted octanol–water partition coefficient (Wildman–Crippen LogP) is 2.08. The van der Waals surface area contributed by atoms with Crippen LogP contribution in [0.25, 0.3) is 16.6 Å². The van der Waals surface area contributed by atoms with E-state index in [9.17, 15) is 9.59 Å². The van der Waals surface area contributed by atoms with E-state index in [0.717, 1.165) is 16.6 Å². The molecule has 29 heavy (non-hydrogen) atoms. The number of hydrogen-bond donors (Lipinski definition) is 1. The topological polar surface area (TPSA) is 102 Å². The molecule has 9 nitrogen and oxygen atoms in total. The van der Waals surface area contributed by atoms with Crippen LogP contribution in [0.4, 0.5) is 4.79 Å². The molecule has 4 rings (SSSR count). The van der Waals surface area contributed by atoms with Gasteiger partial charge in [-0.15, -0.1) is 5.10 Å². The Hall–Kier alpha value is -3.49.